The number of nitrogens with zero attached hydrogens (tertiary/aromatic N) is 2. The summed E-state index contributed by atoms with van der Waals surface area (Å²) < 4.78 is 4.79. The zero-order chi connectivity index (χ0) is 25.2. The first-order valence-electron chi connectivity index (χ1n) is 12.7. The fourth-order valence-electron chi connectivity index (χ4n) is 5.28. The number of carbonyl (C=O) groups is 2. The van der Waals surface area contributed by atoms with Gasteiger partial charge in [-0.25, -0.2) is 4.79 Å². The van der Waals surface area contributed by atoms with Crippen LogP contribution in [0.1, 0.15) is 78.8 Å². The number of amides is 1. The van der Waals surface area contributed by atoms with Crippen LogP contribution in [0, 0.1) is 5.41 Å². The second-order valence-electron chi connectivity index (χ2n) is 10.9. The van der Waals surface area contributed by atoms with E-state index in [0.29, 0.717) is 24.1 Å². The molecule has 0 N–H and O–H groups in total. The lowest BCUT2D eigenvalue weighted by molar-refractivity contribution is 0.0269. The van der Waals surface area contributed by atoms with E-state index in [2.05, 4.69) is 50.8 Å². The SMILES string of the molecule is COC(=O)c1ccc(CN2[C@H](C)CN(C(=O)c3cccc(C4=CCC(C)(C)CC4)c3)C[C@@H]2C)cc1. The number of piperazine rings is 1. The van der Waals surface area contributed by atoms with E-state index in [-0.39, 0.29) is 24.0 Å². The van der Waals surface area contributed by atoms with Gasteiger partial charge in [-0.3, -0.25) is 9.69 Å². The van der Waals surface area contributed by atoms with Crippen molar-refractivity contribution in [3.63, 3.8) is 0 Å². The summed E-state index contributed by atoms with van der Waals surface area (Å²) in [6.07, 6.45) is 5.69. The van der Waals surface area contributed by atoms with Gasteiger partial charge < -0.3 is 9.64 Å². The molecule has 2 aromatic carbocycles. The molecule has 2 aliphatic rings. The van der Waals surface area contributed by atoms with Crippen LogP contribution in [0.2, 0.25) is 0 Å². The number of allylic oxidation sites excluding steroid dienone is 2. The van der Waals surface area contributed by atoms with Crippen LogP contribution in [-0.4, -0.2) is 54.0 Å². The lowest BCUT2D eigenvalue weighted by Gasteiger charge is -2.44. The van der Waals surface area contributed by atoms with Gasteiger partial charge in [-0.15, -0.1) is 0 Å². The van der Waals surface area contributed by atoms with Crippen LogP contribution in [-0.2, 0) is 11.3 Å². The third kappa shape index (κ3) is 5.84. The van der Waals surface area contributed by atoms with Crippen molar-refractivity contribution in [2.45, 2.75) is 65.6 Å². The molecule has 0 radical (unpaired) electrons. The molecule has 5 nitrogen and oxygen atoms in total. The lowest BCUT2D eigenvalue weighted by atomic mass is 9.77. The minimum atomic E-state index is -0.321. The number of ether oxygens (including phenoxy) is 1. The first-order chi connectivity index (χ1) is 16.7. The Kier molecular flexibility index (Phi) is 7.46. The first kappa shape index (κ1) is 25.2. The van der Waals surface area contributed by atoms with Crippen molar-refractivity contribution < 1.29 is 14.3 Å². The van der Waals surface area contributed by atoms with Gasteiger partial charge >= 0.3 is 5.97 Å². The molecule has 2 atom stereocenters. The maximum absolute atomic E-state index is 13.5. The summed E-state index contributed by atoms with van der Waals surface area (Å²) in [4.78, 5) is 29.6. The Hall–Kier alpha value is -2.92. The zero-order valence-corrected chi connectivity index (χ0v) is 21.7. The molecule has 5 heteroatoms. The predicted octanol–water partition coefficient (Wildman–Crippen LogP) is 5.80. The van der Waals surface area contributed by atoms with Gasteiger partial charge in [-0.05, 0) is 79.5 Å². The summed E-state index contributed by atoms with van der Waals surface area (Å²) in [5.74, 6) is -0.206. The van der Waals surface area contributed by atoms with Gasteiger partial charge in [0.15, 0.2) is 0 Å². The lowest BCUT2D eigenvalue weighted by Crippen LogP contribution is -2.57. The Morgan fingerprint density at radius 1 is 1.00 bits per heavy atom. The van der Waals surface area contributed by atoms with Crippen LogP contribution in [0.5, 0.6) is 0 Å². The molecule has 0 bridgehead atoms. The second kappa shape index (κ2) is 10.4. The van der Waals surface area contributed by atoms with Crippen LogP contribution in [0.25, 0.3) is 5.57 Å². The van der Waals surface area contributed by atoms with E-state index >= 15 is 0 Å². The fourth-order valence-corrected chi connectivity index (χ4v) is 5.28. The smallest absolute Gasteiger partial charge is 0.337 e. The van der Waals surface area contributed by atoms with Gasteiger partial charge in [0.2, 0.25) is 0 Å². The minimum Gasteiger partial charge on any atom is -0.465 e. The van der Waals surface area contributed by atoms with Crippen LogP contribution >= 0.6 is 0 Å². The maximum Gasteiger partial charge on any atom is 0.337 e. The number of esters is 1. The van der Waals surface area contributed by atoms with Crippen molar-refractivity contribution in [1.29, 1.82) is 0 Å². The Morgan fingerprint density at radius 2 is 1.69 bits per heavy atom. The molecule has 2 aromatic rings. The minimum absolute atomic E-state index is 0.115. The summed E-state index contributed by atoms with van der Waals surface area (Å²) >= 11 is 0. The van der Waals surface area contributed by atoms with Crippen LogP contribution in [0.3, 0.4) is 0 Å². The largest absolute Gasteiger partial charge is 0.465 e. The zero-order valence-electron chi connectivity index (χ0n) is 21.7. The quantitative estimate of drug-likeness (QED) is 0.514. The van der Waals surface area contributed by atoms with E-state index in [1.54, 1.807) is 0 Å². The highest BCUT2D eigenvalue weighted by Crippen LogP contribution is 2.38. The van der Waals surface area contributed by atoms with Gasteiger partial charge in [0.25, 0.3) is 5.91 Å². The molecule has 186 valence electrons. The highest BCUT2D eigenvalue weighted by Gasteiger charge is 2.32. The molecule has 1 heterocycles. The molecule has 0 saturated carbocycles. The maximum atomic E-state index is 13.5. The second-order valence-corrected chi connectivity index (χ2v) is 10.9. The Bertz CT molecular complexity index is 1090. The van der Waals surface area contributed by atoms with Gasteiger partial charge in [0.1, 0.15) is 0 Å². The number of carbonyl (C=O) groups excluding carboxylic acids is 2. The normalized spacial score (nSPS) is 22.4. The Morgan fingerprint density at radius 3 is 2.29 bits per heavy atom. The molecular formula is C30H38N2O3. The van der Waals surface area contributed by atoms with Crippen LogP contribution < -0.4 is 0 Å². The van der Waals surface area contributed by atoms with Gasteiger partial charge in [-0.1, -0.05) is 44.2 Å². The molecule has 1 saturated heterocycles. The fraction of sp³-hybridized carbons (Fsp3) is 0.467. The predicted molar refractivity (Wildman–Crippen MR) is 140 cm³/mol. The van der Waals surface area contributed by atoms with Crippen molar-refractivity contribution in [1.82, 2.24) is 9.80 Å². The average Bonchev–Trinajstić information content (AvgIpc) is 2.85. The average molecular weight is 475 g/mol. The third-order valence-electron chi connectivity index (χ3n) is 7.58. The number of benzene rings is 2. The number of methoxy groups -OCH3 is 1. The van der Waals surface area contributed by atoms with Gasteiger partial charge in [-0.2, -0.15) is 0 Å². The Balaban J connectivity index is 1.42. The highest BCUT2D eigenvalue weighted by atomic mass is 16.5. The van der Waals surface area contributed by atoms with Crippen molar-refractivity contribution in [3.05, 3.63) is 76.9 Å². The standard InChI is InChI=1S/C30H38N2O3/c1-21-18-31(19-22(2)32(21)20-23-9-11-25(12-10-23)29(34)35-5)28(33)27-8-6-7-26(17-27)24-13-15-30(3,4)16-14-24/h6-13,17,21-22H,14-16,18-20H2,1-5H3/t21-,22+. The summed E-state index contributed by atoms with van der Waals surface area (Å²) in [7, 11) is 1.39. The number of rotatable bonds is 5. The third-order valence-corrected chi connectivity index (χ3v) is 7.58. The monoisotopic (exact) mass is 474 g/mol. The van der Waals surface area contributed by atoms with Crippen LogP contribution in [0.4, 0.5) is 0 Å². The molecule has 1 amide bonds. The van der Waals surface area contributed by atoms with Crippen molar-refractivity contribution in [3.8, 4) is 0 Å². The molecule has 1 aliphatic heterocycles. The van der Waals surface area contributed by atoms with E-state index in [1.807, 2.05) is 41.3 Å². The molecule has 0 unspecified atom stereocenters. The van der Waals surface area contributed by atoms with Gasteiger partial charge in [0.05, 0.1) is 12.7 Å². The van der Waals surface area contributed by atoms with E-state index in [4.69, 9.17) is 4.74 Å². The van der Waals surface area contributed by atoms with Crippen molar-refractivity contribution in [2.75, 3.05) is 20.2 Å². The molecule has 1 fully saturated rings. The van der Waals surface area contributed by atoms with E-state index in [9.17, 15) is 9.59 Å². The first-order valence-corrected chi connectivity index (χ1v) is 12.7. The van der Waals surface area contributed by atoms with E-state index < -0.39 is 0 Å². The van der Waals surface area contributed by atoms with E-state index in [0.717, 1.165) is 30.5 Å². The molecule has 4 rings (SSSR count). The molecule has 0 spiro atoms. The van der Waals surface area contributed by atoms with Crippen LogP contribution in [0.15, 0.2) is 54.6 Å². The molecular weight excluding hydrogens is 436 g/mol. The molecule has 35 heavy (non-hydrogen) atoms. The van der Waals surface area contributed by atoms with E-state index in [1.165, 1.54) is 24.7 Å². The topological polar surface area (TPSA) is 49.9 Å². The molecule has 0 aromatic heterocycles. The van der Waals surface area contributed by atoms with Gasteiger partial charge in [0, 0.05) is 37.3 Å². The van der Waals surface area contributed by atoms with Crippen molar-refractivity contribution >= 4 is 17.4 Å². The summed E-state index contributed by atoms with van der Waals surface area (Å²) in [5, 5.41) is 0. The number of hydrogen-bond acceptors (Lipinski definition) is 4. The van der Waals surface area contributed by atoms with Crippen molar-refractivity contribution in [2.24, 2.45) is 5.41 Å². The highest BCUT2D eigenvalue weighted by molar-refractivity contribution is 5.95. The Labute approximate surface area is 209 Å². The number of hydrogen-bond donors (Lipinski definition) is 0. The molecule has 1 aliphatic carbocycles. The summed E-state index contributed by atoms with van der Waals surface area (Å²) in [5.41, 5.74) is 5.40. The summed E-state index contributed by atoms with van der Waals surface area (Å²) in [6, 6.07) is 16.2. The summed E-state index contributed by atoms with van der Waals surface area (Å²) in [6.45, 7) is 11.2.